The van der Waals surface area contributed by atoms with E-state index in [-0.39, 0.29) is 16.9 Å². The molecule has 148 valence electrons. The first-order chi connectivity index (χ1) is 13.5. The molecular formula is C20H22BrN3O3S. The number of unbranched alkanes of at least 4 members (excludes halogenated alkanes) is 2. The van der Waals surface area contributed by atoms with Gasteiger partial charge < -0.3 is 4.74 Å². The number of hydrogen-bond donors (Lipinski definition) is 3. The number of nitrogens with one attached hydrogen (secondary N) is 3. The molecule has 0 unspecified atom stereocenters. The molecule has 28 heavy (non-hydrogen) atoms. The molecule has 0 aliphatic rings. The van der Waals surface area contributed by atoms with Crippen molar-refractivity contribution in [2.24, 2.45) is 0 Å². The molecule has 0 saturated heterocycles. The highest BCUT2D eigenvalue weighted by atomic mass is 79.9. The van der Waals surface area contributed by atoms with Crippen LogP contribution in [0.25, 0.3) is 0 Å². The van der Waals surface area contributed by atoms with Crippen LogP contribution in [0.5, 0.6) is 5.75 Å². The molecule has 8 heteroatoms. The molecule has 2 amide bonds. The van der Waals surface area contributed by atoms with E-state index in [1.807, 2.05) is 0 Å². The van der Waals surface area contributed by atoms with Gasteiger partial charge in [0.1, 0.15) is 5.75 Å². The van der Waals surface area contributed by atoms with Crippen LogP contribution in [0.2, 0.25) is 0 Å². The van der Waals surface area contributed by atoms with E-state index in [1.54, 1.807) is 48.5 Å². The summed E-state index contributed by atoms with van der Waals surface area (Å²) in [5.74, 6) is -0.0483. The van der Waals surface area contributed by atoms with E-state index in [9.17, 15) is 9.59 Å². The summed E-state index contributed by atoms with van der Waals surface area (Å²) < 4.78 is 6.27. The first kappa shape index (κ1) is 21.8. The molecule has 0 fully saturated rings. The van der Waals surface area contributed by atoms with Crippen molar-refractivity contribution in [1.29, 1.82) is 0 Å². The summed E-state index contributed by atoms with van der Waals surface area (Å²) >= 11 is 8.35. The van der Waals surface area contributed by atoms with Gasteiger partial charge in [0.2, 0.25) is 0 Å². The van der Waals surface area contributed by atoms with E-state index in [1.165, 1.54) is 0 Å². The lowest BCUT2D eigenvalue weighted by Gasteiger charge is -2.12. The van der Waals surface area contributed by atoms with Gasteiger partial charge in [-0.1, -0.05) is 31.9 Å². The minimum atomic E-state index is -0.384. The summed E-state index contributed by atoms with van der Waals surface area (Å²) in [6.07, 6.45) is 3.27. The van der Waals surface area contributed by atoms with Gasteiger partial charge in [0.25, 0.3) is 11.8 Å². The number of amides is 2. The van der Waals surface area contributed by atoms with E-state index in [4.69, 9.17) is 17.0 Å². The Bertz CT molecular complexity index is 828. The van der Waals surface area contributed by atoms with Gasteiger partial charge in [0.05, 0.1) is 12.2 Å². The normalized spacial score (nSPS) is 10.1. The maximum atomic E-state index is 12.2. The van der Waals surface area contributed by atoms with Crippen molar-refractivity contribution in [3.63, 3.8) is 0 Å². The number of ether oxygens (including phenoxy) is 1. The largest absolute Gasteiger partial charge is 0.494 e. The Morgan fingerprint density at radius 1 is 1.00 bits per heavy atom. The zero-order valence-electron chi connectivity index (χ0n) is 15.5. The number of thiocarbonyl (C=S) groups is 1. The molecule has 2 aromatic carbocycles. The predicted octanol–water partition coefficient (Wildman–Crippen LogP) is 3.97. The molecule has 0 aliphatic heterocycles. The van der Waals surface area contributed by atoms with Crippen molar-refractivity contribution in [2.75, 3.05) is 6.61 Å². The molecule has 0 radical (unpaired) electrons. The van der Waals surface area contributed by atoms with Crippen LogP contribution in [-0.2, 0) is 0 Å². The van der Waals surface area contributed by atoms with Gasteiger partial charge in [0, 0.05) is 10.0 Å². The van der Waals surface area contributed by atoms with Crippen molar-refractivity contribution < 1.29 is 14.3 Å². The van der Waals surface area contributed by atoms with Crippen LogP contribution in [0.15, 0.2) is 53.0 Å². The summed E-state index contributed by atoms with van der Waals surface area (Å²) in [6, 6.07) is 13.8. The molecule has 3 N–H and O–H groups in total. The Morgan fingerprint density at radius 2 is 1.71 bits per heavy atom. The monoisotopic (exact) mass is 463 g/mol. The summed E-state index contributed by atoms with van der Waals surface area (Å²) in [7, 11) is 0. The number of halogens is 1. The molecule has 0 spiro atoms. The third kappa shape index (κ3) is 6.94. The van der Waals surface area contributed by atoms with Gasteiger partial charge in [-0.3, -0.25) is 25.8 Å². The van der Waals surface area contributed by atoms with Gasteiger partial charge >= 0.3 is 0 Å². The Morgan fingerprint density at radius 3 is 2.39 bits per heavy atom. The van der Waals surface area contributed by atoms with Gasteiger partial charge in [-0.25, -0.2) is 0 Å². The Labute approximate surface area is 178 Å². The highest BCUT2D eigenvalue weighted by Crippen LogP contribution is 2.15. The van der Waals surface area contributed by atoms with E-state index >= 15 is 0 Å². The molecule has 2 aromatic rings. The highest BCUT2D eigenvalue weighted by molar-refractivity contribution is 9.10. The van der Waals surface area contributed by atoms with E-state index < -0.39 is 0 Å². The molecule has 2 rings (SSSR count). The van der Waals surface area contributed by atoms with Gasteiger partial charge in [-0.05, 0) is 71.0 Å². The Kier molecular flexibility index (Phi) is 8.90. The number of benzene rings is 2. The zero-order chi connectivity index (χ0) is 20.4. The predicted molar refractivity (Wildman–Crippen MR) is 116 cm³/mol. The van der Waals surface area contributed by atoms with E-state index in [2.05, 4.69) is 39.0 Å². The van der Waals surface area contributed by atoms with Crippen LogP contribution in [0.4, 0.5) is 0 Å². The van der Waals surface area contributed by atoms with Crippen LogP contribution in [0, 0.1) is 0 Å². The molecule has 0 aliphatic carbocycles. The average Bonchev–Trinajstić information content (AvgIpc) is 2.70. The first-order valence-electron chi connectivity index (χ1n) is 8.90. The topological polar surface area (TPSA) is 79.5 Å². The van der Waals surface area contributed by atoms with Crippen molar-refractivity contribution in [3.8, 4) is 5.75 Å². The van der Waals surface area contributed by atoms with Crippen LogP contribution >= 0.6 is 28.1 Å². The lowest BCUT2D eigenvalue weighted by Crippen LogP contribution is -2.48. The summed E-state index contributed by atoms with van der Waals surface area (Å²) in [5, 5.41) is 2.50. The quantitative estimate of drug-likeness (QED) is 0.328. The second kappa shape index (κ2) is 11.4. The van der Waals surface area contributed by atoms with Crippen LogP contribution < -0.4 is 20.9 Å². The lowest BCUT2D eigenvalue weighted by atomic mass is 10.2. The van der Waals surface area contributed by atoms with Gasteiger partial charge in [-0.2, -0.15) is 0 Å². The van der Waals surface area contributed by atoms with Crippen molar-refractivity contribution in [3.05, 3.63) is 64.1 Å². The smallest absolute Gasteiger partial charge is 0.270 e. The third-order valence-electron chi connectivity index (χ3n) is 3.77. The van der Waals surface area contributed by atoms with Gasteiger partial charge in [0.15, 0.2) is 5.11 Å². The molecule has 0 saturated carbocycles. The fraction of sp³-hybridized carbons (Fsp3) is 0.250. The minimum Gasteiger partial charge on any atom is -0.494 e. The second-order valence-electron chi connectivity index (χ2n) is 5.92. The number of carbonyl (C=O) groups excluding carboxylic acids is 2. The Hall–Kier alpha value is -2.45. The standard InChI is InChI=1S/C20H22BrN3O3S/c1-2-3-6-13-27-15-11-9-14(10-12-15)18(25)22-20(28)24-23-19(26)16-7-4-5-8-17(16)21/h4-5,7-12H,2-3,6,13H2,1H3,(H,23,26)(H2,22,24,25,28). The maximum Gasteiger partial charge on any atom is 0.270 e. The molecule has 6 nitrogen and oxygen atoms in total. The van der Waals surface area contributed by atoms with E-state index in [0.29, 0.717) is 28.0 Å². The summed E-state index contributed by atoms with van der Waals surface area (Å²) in [6.45, 7) is 2.79. The van der Waals surface area contributed by atoms with Crippen LogP contribution in [-0.4, -0.2) is 23.5 Å². The number of hydrogen-bond acceptors (Lipinski definition) is 4. The summed E-state index contributed by atoms with van der Waals surface area (Å²) in [5.41, 5.74) is 5.83. The third-order valence-corrected chi connectivity index (χ3v) is 4.66. The molecule has 0 bridgehead atoms. The SMILES string of the molecule is CCCCCOc1ccc(C(=O)NC(=S)NNC(=O)c2ccccc2Br)cc1. The van der Waals surface area contributed by atoms with Crippen LogP contribution in [0.1, 0.15) is 46.9 Å². The van der Waals surface area contributed by atoms with E-state index in [0.717, 1.165) is 19.3 Å². The maximum absolute atomic E-state index is 12.2. The fourth-order valence-corrected chi connectivity index (χ4v) is 2.89. The minimum absolute atomic E-state index is 0.00899. The first-order valence-corrected chi connectivity index (χ1v) is 10.1. The summed E-state index contributed by atoms with van der Waals surface area (Å²) in [4.78, 5) is 24.3. The fourth-order valence-electron chi connectivity index (χ4n) is 2.28. The average molecular weight is 464 g/mol. The number of rotatable bonds is 7. The van der Waals surface area contributed by atoms with Crippen molar-refractivity contribution >= 4 is 45.1 Å². The number of hydrazine groups is 1. The number of carbonyl (C=O) groups is 2. The Balaban J connectivity index is 1.79. The lowest BCUT2D eigenvalue weighted by molar-refractivity contribution is 0.0934. The van der Waals surface area contributed by atoms with Crippen LogP contribution in [0.3, 0.4) is 0 Å². The molecular weight excluding hydrogens is 442 g/mol. The molecule has 0 aromatic heterocycles. The highest BCUT2D eigenvalue weighted by Gasteiger charge is 2.11. The molecule has 0 atom stereocenters. The van der Waals surface area contributed by atoms with Crippen molar-refractivity contribution in [2.45, 2.75) is 26.2 Å². The van der Waals surface area contributed by atoms with Crippen molar-refractivity contribution in [1.82, 2.24) is 16.2 Å². The van der Waals surface area contributed by atoms with Gasteiger partial charge in [-0.15, -0.1) is 0 Å². The zero-order valence-corrected chi connectivity index (χ0v) is 17.9. The second-order valence-corrected chi connectivity index (χ2v) is 7.18. The molecule has 0 heterocycles.